The SMILES string of the molecule is Cc1ccc(-n2c(SCc3nc(C(=O)NC4CC4)cs3)nnc2-c2cccnc2)cc1. The first-order valence-corrected chi connectivity index (χ1v) is 11.8. The van der Waals surface area contributed by atoms with Gasteiger partial charge in [-0.1, -0.05) is 29.5 Å². The fourth-order valence-electron chi connectivity index (χ4n) is 3.07. The Morgan fingerprint density at radius 1 is 1.23 bits per heavy atom. The highest BCUT2D eigenvalue weighted by Gasteiger charge is 2.25. The molecule has 0 spiro atoms. The second kappa shape index (κ2) is 8.60. The van der Waals surface area contributed by atoms with Crippen LogP contribution in [0.5, 0.6) is 0 Å². The molecule has 1 saturated carbocycles. The molecule has 1 N–H and O–H groups in total. The Labute approximate surface area is 188 Å². The molecule has 0 radical (unpaired) electrons. The summed E-state index contributed by atoms with van der Waals surface area (Å²) >= 11 is 3.04. The minimum Gasteiger partial charge on any atom is -0.348 e. The van der Waals surface area contributed by atoms with Crippen LogP contribution in [-0.4, -0.2) is 36.7 Å². The zero-order valence-electron chi connectivity index (χ0n) is 16.9. The van der Waals surface area contributed by atoms with E-state index >= 15 is 0 Å². The van der Waals surface area contributed by atoms with Gasteiger partial charge in [-0.3, -0.25) is 14.3 Å². The van der Waals surface area contributed by atoms with E-state index in [1.165, 1.54) is 16.9 Å². The number of thioether (sulfide) groups is 1. The van der Waals surface area contributed by atoms with Crippen molar-refractivity contribution in [2.45, 2.75) is 36.7 Å². The lowest BCUT2D eigenvalue weighted by atomic mass is 10.2. The van der Waals surface area contributed by atoms with Crippen LogP contribution in [0.4, 0.5) is 0 Å². The first kappa shape index (κ1) is 19.9. The quantitative estimate of drug-likeness (QED) is 0.425. The molecule has 7 nitrogen and oxygen atoms in total. The number of carbonyl (C=O) groups is 1. The van der Waals surface area contributed by atoms with Gasteiger partial charge < -0.3 is 5.32 Å². The average molecular weight is 449 g/mol. The molecule has 1 aliphatic rings. The maximum atomic E-state index is 12.2. The van der Waals surface area contributed by atoms with Crippen LogP contribution in [0.15, 0.2) is 59.3 Å². The van der Waals surface area contributed by atoms with Gasteiger partial charge >= 0.3 is 0 Å². The van der Waals surface area contributed by atoms with Crippen molar-refractivity contribution < 1.29 is 4.79 Å². The van der Waals surface area contributed by atoms with Crippen molar-refractivity contribution in [2.75, 3.05) is 0 Å². The zero-order chi connectivity index (χ0) is 21.2. The molecule has 3 aromatic heterocycles. The smallest absolute Gasteiger partial charge is 0.270 e. The number of aromatic nitrogens is 5. The molecule has 1 amide bonds. The molecule has 1 fully saturated rings. The number of thiazole rings is 1. The van der Waals surface area contributed by atoms with E-state index < -0.39 is 0 Å². The first-order chi connectivity index (χ1) is 15.2. The van der Waals surface area contributed by atoms with E-state index in [1.807, 2.05) is 22.1 Å². The molecular formula is C22H20N6OS2. The zero-order valence-corrected chi connectivity index (χ0v) is 18.5. The summed E-state index contributed by atoms with van der Waals surface area (Å²) in [6, 6.07) is 12.5. The minimum absolute atomic E-state index is 0.0864. The summed E-state index contributed by atoms with van der Waals surface area (Å²) in [6.45, 7) is 2.06. The molecule has 4 aromatic rings. The normalized spacial score (nSPS) is 13.3. The van der Waals surface area contributed by atoms with Gasteiger partial charge in [0, 0.05) is 35.1 Å². The molecule has 1 aromatic carbocycles. The number of rotatable bonds is 7. The number of benzene rings is 1. The lowest BCUT2D eigenvalue weighted by Gasteiger charge is -2.10. The Morgan fingerprint density at radius 3 is 2.81 bits per heavy atom. The van der Waals surface area contributed by atoms with Crippen LogP contribution in [0.1, 0.15) is 33.9 Å². The van der Waals surface area contributed by atoms with Gasteiger partial charge in [-0.15, -0.1) is 21.5 Å². The van der Waals surface area contributed by atoms with Crippen molar-refractivity contribution in [3.8, 4) is 17.1 Å². The van der Waals surface area contributed by atoms with Crippen molar-refractivity contribution in [1.82, 2.24) is 30.0 Å². The molecule has 5 rings (SSSR count). The van der Waals surface area contributed by atoms with Crippen LogP contribution in [0.3, 0.4) is 0 Å². The van der Waals surface area contributed by atoms with E-state index in [1.54, 1.807) is 24.2 Å². The summed E-state index contributed by atoms with van der Waals surface area (Å²) < 4.78 is 2.04. The molecule has 9 heteroatoms. The van der Waals surface area contributed by atoms with Gasteiger partial charge in [0.15, 0.2) is 11.0 Å². The van der Waals surface area contributed by atoms with Crippen LogP contribution in [0.25, 0.3) is 17.1 Å². The van der Waals surface area contributed by atoms with Crippen LogP contribution < -0.4 is 5.32 Å². The summed E-state index contributed by atoms with van der Waals surface area (Å²) in [7, 11) is 0. The van der Waals surface area contributed by atoms with Crippen molar-refractivity contribution >= 4 is 29.0 Å². The molecule has 3 heterocycles. The summed E-state index contributed by atoms with van der Waals surface area (Å²) in [5.41, 5.74) is 3.56. The van der Waals surface area contributed by atoms with Crippen LogP contribution in [0, 0.1) is 6.92 Å². The third kappa shape index (κ3) is 4.52. The predicted octanol–water partition coefficient (Wildman–Crippen LogP) is 4.28. The minimum atomic E-state index is -0.0864. The van der Waals surface area contributed by atoms with Gasteiger partial charge in [0.1, 0.15) is 10.7 Å². The Morgan fingerprint density at radius 2 is 2.06 bits per heavy atom. The van der Waals surface area contributed by atoms with E-state index in [4.69, 9.17) is 0 Å². The molecular weight excluding hydrogens is 428 g/mol. The number of pyridine rings is 1. The molecule has 0 aliphatic heterocycles. The third-order valence-corrected chi connectivity index (χ3v) is 6.84. The average Bonchev–Trinajstić information content (AvgIpc) is 3.31. The van der Waals surface area contributed by atoms with E-state index in [0.717, 1.165) is 40.1 Å². The summed E-state index contributed by atoms with van der Waals surface area (Å²) in [4.78, 5) is 20.9. The Balaban J connectivity index is 1.40. The monoisotopic (exact) mass is 448 g/mol. The maximum Gasteiger partial charge on any atom is 0.270 e. The third-order valence-electron chi connectivity index (χ3n) is 4.87. The Kier molecular flexibility index (Phi) is 5.52. The molecule has 0 saturated heterocycles. The van der Waals surface area contributed by atoms with Gasteiger partial charge in [0.2, 0.25) is 0 Å². The number of amides is 1. The van der Waals surface area contributed by atoms with Crippen LogP contribution in [0.2, 0.25) is 0 Å². The predicted molar refractivity (Wildman–Crippen MR) is 121 cm³/mol. The molecule has 156 valence electrons. The van der Waals surface area contributed by atoms with E-state index in [0.29, 0.717) is 17.5 Å². The van der Waals surface area contributed by atoms with Gasteiger partial charge in [0.25, 0.3) is 5.91 Å². The largest absolute Gasteiger partial charge is 0.348 e. The second-order valence-corrected chi connectivity index (χ2v) is 9.27. The van der Waals surface area contributed by atoms with Crippen LogP contribution >= 0.6 is 23.1 Å². The summed E-state index contributed by atoms with van der Waals surface area (Å²) in [5.74, 6) is 1.26. The number of hydrogen-bond donors (Lipinski definition) is 1. The first-order valence-electron chi connectivity index (χ1n) is 9.98. The second-order valence-electron chi connectivity index (χ2n) is 7.38. The van der Waals surface area contributed by atoms with Gasteiger partial charge in [-0.2, -0.15) is 0 Å². The number of hydrogen-bond acceptors (Lipinski definition) is 7. The van der Waals surface area contributed by atoms with Crippen molar-refractivity contribution in [1.29, 1.82) is 0 Å². The van der Waals surface area contributed by atoms with Crippen molar-refractivity contribution in [3.63, 3.8) is 0 Å². The highest BCUT2D eigenvalue weighted by Crippen LogP contribution is 2.30. The number of aryl methyl sites for hydroxylation is 1. The highest BCUT2D eigenvalue weighted by atomic mass is 32.2. The highest BCUT2D eigenvalue weighted by molar-refractivity contribution is 7.98. The number of nitrogens with one attached hydrogen (secondary N) is 1. The molecule has 0 unspecified atom stereocenters. The van der Waals surface area contributed by atoms with E-state index in [2.05, 4.69) is 56.7 Å². The van der Waals surface area contributed by atoms with Gasteiger partial charge in [0.05, 0.1) is 5.75 Å². The molecule has 1 aliphatic carbocycles. The molecule has 31 heavy (non-hydrogen) atoms. The lowest BCUT2D eigenvalue weighted by Crippen LogP contribution is -2.25. The fraction of sp³-hybridized carbons (Fsp3) is 0.227. The van der Waals surface area contributed by atoms with E-state index in [-0.39, 0.29) is 5.91 Å². The fourth-order valence-corrected chi connectivity index (χ4v) is 4.81. The number of carbonyl (C=O) groups excluding carboxylic acids is 1. The van der Waals surface area contributed by atoms with Crippen molar-refractivity contribution in [3.05, 3.63) is 70.4 Å². The lowest BCUT2D eigenvalue weighted by molar-refractivity contribution is 0.0946. The summed E-state index contributed by atoms with van der Waals surface area (Å²) in [6.07, 6.45) is 5.65. The van der Waals surface area contributed by atoms with Gasteiger partial charge in [-0.05, 0) is 44.0 Å². The van der Waals surface area contributed by atoms with E-state index in [9.17, 15) is 4.79 Å². The Bertz CT molecular complexity index is 1200. The maximum absolute atomic E-state index is 12.2. The number of nitrogens with zero attached hydrogens (tertiary/aromatic N) is 5. The molecule has 0 atom stereocenters. The van der Waals surface area contributed by atoms with Crippen molar-refractivity contribution in [2.24, 2.45) is 0 Å². The molecule has 0 bridgehead atoms. The van der Waals surface area contributed by atoms with Gasteiger partial charge in [-0.25, -0.2) is 4.98 Å². The van der Waals surface area contributed by atoms with Crippen LogP contribution in [-0.2, 0) is 5.75 Å². The Hall–Kier alpha value is -3.04. The summed E-state index contributed by atoms with van der Waals surface area (Å²) in [5, 5.41) is 15.3. The topological polar surface area (TPSA) is 85.6 Å². The standard InChI is InChI=1S/C22H20N6OS2/c1-14-4-8-17(9-5-14)28-20(15-3-2-10-23-11-15)26-27-22(28)31-13-19-25-18(12-30-19)21(29)24-16-6-7-16/h2-5,8-12,16H,6-7,13H2,1H3,(H,24,29).